The van der Waals surface area contributed by atoms with Gasteiger partial charge in [0.25, 0.3) is 0 Å². The van der Waals surface area contributed by atoms with E-state index in [2.05, 4.69) is 10.6 Å². The largest absolute Gasteiger partial charge is 0.458 e. The van der Waals surface area contributed by atoms with Crippen LogP contribution in [0.5, 0.6) is 0 Å². The molecule has 0 radical (unpaired) electrons. The van der Waals surface area contributed by atoms with Crippen LogP contribution in [0.4, 0.5) is 0 Å². The standard InChI is InChI=1S/C16H29ClN2O4/c1-9(2)12(18-11(20)8-17)14(21)19-13(10(3)4)15(22)23-16(5,6)7/h9-10,12-13H,8H2,1-7H3,(H,18,20)(H,19,21)/t12-,13-/m0/s1. The molecule has 134 valence electrons. The van der Waals surface area contributed by atoms with Gasteiger partial charge in [-0.3, -0.25) is 9.59 Å². The molecule has 0 saturated carbocycles. The molecular formula is C16H29ClN2O4. The third kappa shape index (κ3) is 8.21. The zero-order valence-corrected chi connectivity index (χ0v) is 15.8. The molecule has 2 N–H and O–H groups in total. The number of ether oxygens (including phenoxy) is 1. The molecular weight excluding hydrogens is 320 g/mol. The number of esters is 1. The Morgan fingerprint density at radius 2 is 1.43 bits per heavy atom. The molecule has 2 atom stereocenters. The zero-order chi connectivity index (χ0) is 18.4. The highest BCUT2D eigenvalue weighted by Crippen LogP contribution is 2.13. The fourth-order valence-electron chi connectivity index (χ4n) is 1.85. The van der Waals surface area contributed by atoms with Gasteiger partial charge in [-0.25, -0.2) is 4.79 Å². The number of carbonyl (C=O) groups excluding carboxylic acids is 3. The number of carbonyl (C=O) groups is 3. The number of hydrogen-bond donors (Lipinski definition) is 2. The third-order valence-electron chi connectivity index (χ3n) is 3.01. The summed E-state index contributed by atoms with van der Waals surface area (Å²) in [4.78, 5) is 36.2. The van der Waals surface area contributed by atoms with Crippen molar-refractivity contribution in [2.45, 2.75) is 66.2 Å². The molecule has 0 spiro atoms. The van der Waals surface area contributed by atoms with Crippen LogP contribution in [0.2, 0.25) is 0 Å². The summed E-state index contributed by atoms with van der Waals surface area (Å²) in [7, 11) is 0. The molecule has 0 rings (SSSR count). The van der Waals surface area contributed by atoms with Gasteiger partial charge < -0.3 is 15.4 Å². The van der Waals surface area contributed by atoms with Gasteiger partial charge in [0, 0.05) is 0 Å². The third-order valence-corrected chi connectivity index (χ3v) is 3.25. The highest BCUT2D eigenvalue weighted by atomic mass is 35.5. The molecule has 0 heterocycles. The van der Waals surface area contributed by atoms with E-state index in [1.165, 1.54) is 0 Å². The topological polar surface area (TPSA) is 84.5 Å². The zero-order valence-electron chi connectivity index (χ0n) is 15.0. The highest BCUT2D eigenvalue weighted by molar-refractivity contribution is 6.27. The van der Waals surface area contributed by atoms with Crippen molar-refractivity contribution < 1.29 is 19.1 Å². The SMILES string of the molecule is CC(C)[C@H](NC(=O)CCl)C(=O)N[C@H](C(=O)OC(C)(C)C)C(C)C. The molecule has 0 aromatic rings. The lowest BCUT2D eigenvalue weighted by molar-refractivity contribution is -0.160. The molecule has 7 heteroatoms. The summed E-state index contributed by atoms with van der Waals surface area (Å²) >= 11 is 5.47. The maximum atomic E-state index is 12.4. The lowest BCUT2D eigenvalue weighted by Gasteiger charge is -2.29. The van der Waals surface area contributed by atoms with Crippen molar-refractivity contribution in [3.63, 3.8) is 0 Å². The summed E-state index contributed by atoms with van der Waals surface area (Å²) in [5, 5.41) is 5.24. The van der Waals surface area contributed by atoms with Crippen LogP contribution < -0.4 is 10.6 Å². The fraction of sp³-hybridized carbons (Fsp3) is 0.812. The van der Waals surface area contributed by atoms with E-state index in [1.54, 1.807) is 34.6 Å². The van der Waals surface area contributed by atoms with E-state index in [-0.39, 0.29) is 17.7 Å². The predicted molar refractivity (Wildman–Crippen MR) is 90.1 cm³/mol. The van der Waals surface area contributed by atoms with Crippen molar-refractivity contribution in [2.75, 3.05) is 5.88 Å². The van der Waals surface area contributed by atoms with E-state index in [0.29, 0.717) is 0 Å². The molecule has 23 heavy (non-hydrogen) atoms. The average Bonchev–Trinajstić information content (AvgIpc) is 2.38. The first kappa shape index (κ1) is 21.7. The molecule has 0 aromatic heterocycles. The van der Waals surface area contributed by atoms with E-state index in [0.717, 1.165) is 0 Å². The minimum atomic E-state index is -0.782. The molecule has 0 fully saturated rings. The summed E-state index contributed by atoms with van der Waals surface area (Å²) < 4.78 is 5.34. The number of halogens is 1. The Hall–Kier alpha value is -1.30. The van der Waals surface area contributed by atoms with Gasteiger partial charge in [0.15, 0.2) is 0 Å². The normalized spacial score (nSPS) is 14.3. The molecule has 0 saturated heterocycles. The van der Waals surface area contributed by atoms with Crippen molar-refractivity contribution in [2.24, 2.45) is 11.8 Å². The Balaban J connectivity index is 5.07. The Morgan fingerprint density at radius 3 is 1.78 bits per heavy atom. The molecule has 2 amide bonds. The molecule has 0 aliphatic rings. The van der Waals surface area contributed by atoms with Crippen LogP contribution in [-0.2, 0) is 19.1 Å². The van der Waals surface area contributed by atoms with Gasteiger partial charge in [-0.15, -0.1) is 11.6 Å². The molecule has 0 aliphatic heterocycles. The fourth-order valence-corrected chi connectivity index (χ4v) is 1.93. The summed E-state index contributed by atoms with van der Waals surface area (Å²) in [5.74, 6) is -1.87. The van der Waals surface area contributed by atoms with Crippen molar-refractivity contribution >= 4 is 29.4 Å². The number of amides is 2. The molecule has 0 aromatic carbocycles. The van der Waals surface area contributed by atoms with E-state index in [4.69, 9.17) is 16.3 Å². The van der Waals surface area contributed by atoms with Crippen LogP contribution >= 0.6 is 11.6 Å². The Morgan fingerprint density at radius 1 is 0.957 bits per heavy atom. The lowest BCUT2D eigenvalue weighted by Crippen LogP contribution is -2.55. The monoisotopic (exact) mass is 348 g/mol. The van der Waals surface area contributed by atoms with Crippen molar-refractivity contribution in [1.82, 2.24) is 10.6 Å². The molecule has 0 bridgehead atoms. The van der Waals surface area contributed by atoms with E-state index < -0.39 is 35.5 Å². The second kappa shape index (κ2) is 9.11. The van der Waals surface area contributed by atoms with Crippen LogP contribution in [0.3, 0.4) is 0 Å². The van der Waals surface area contributed by atoms with Gasteiger partial charge >= 0.3 is 5.97 Å². The highest BCUT2D eigenvalue weighted by Gasteiger charge is 2.32. The molecule has 0 unspecified atom stereocenters. The van der Waals surface area contributed by atoms with Gasteiger partial charge in [0.05, 0.1) is 0 Å². The first-order chi connectivity index (χ1) is 10.4. The van der Waals surface area contributed by atoms with Crippen LogP contribution in [-0.4, -0.2) is 41.3 Å². The van der Waals surface area contributed by atoms with E-state index in [9.17, 15) is 14.4 Å². The van der Waals surface area contributed by atoms with Gasteiger partial charge in [0.2, 0.25) is 11.8 Å². The van der Waals surface area contributed by atoms with E-state index in [1.807, 2.05) is 13.8 Å². The van der Waals surface area contributed by atoms with Gasteiger partial charge in [-0.1, -0.05) is 27.7 Å². The van der Waals surface area contributed by atoms with Gasteiger partial charge in [-0.2, -0.15) is 0 Å². The summed E-state index contributed by atoms with van der Waals surface area (Å²) in [6, 6.07) is -1.54. The summed E-state index contributed by atoms with van der Waals surface area (Å²) in [6.45, 7) is 12.5. The van der Waals surface area contributed by atoms with Crippen LogP contribution in [0, 0.1) is 11.8 Å². The predicted octanol–water partition coefficient (Wildman–Crippen LogP) is 1.85. The maximum Gasteiger partial charge on any atom is 0.329 e. The number of nitrogens with one attached hydrogen (secondary N) is 2. The van der Waals surface area contributed by atoms with Crippen molar-refractivity contribution in [1.29, 1.82) is 0 Å². The first-order valence-corrected chi connectivity index (χ1v) is 8.31. The molecule has 6 nitrogen and oxygen atoms in total. The lowest BCUT2D eigenvalue weighted by atomic mass is 10.00. The number of alkyl halides is 1. The Labute approximate surface area is 143 Å². The molecule has 0 aliphatic carbocycles. The summed E-state index contributed by atoms with van der Waals surface area (Å²) in [6.07, 6.45) is 0. The second-order valence-corrected chi connectivity index (χ2v) is 7.45. The van der Waals surface area contributed by atoms with Crippen LogP contribution in [0.1, 0.15) is 48.5 Å². The Kier molecular flexibility index (Phi) is 8.59. The van der Waals surface area contributed by atoms with Gasteiger partial charge in [-0.05, 0) is 32.6 Å². The second-order valence-electron chi connectivity index (χ2n) is 7.19. The van der Waals surface area contributed by atoms with Crippen molar-refractivity contribution in [3.05, 3.63) is 0 Å². The maximum absolute atomic E-state index is 12.4. The minimum absolute atomic E-state index is 0.145. The first-order valence-electron chi connectivity index (χ1n) is 7.77. The van der Waals surface area contributed by atoms with Crippen LogP contribution in [0.15, 0.2) is 0 Å². The van der Waals surface area contributed by atoms with Crippen LogP contribution in [0.25, 0.3) is 0 Å². The van der Waals surface area contributed by atoms with E-state index >= 15 is 0 Å². The summed E-state index contributed by atoms with van der Waals surface area (Å²) in [5.41, 5.74) is -0.640. The Bertz CT molecular complexity index is 430. The van der Waals surface area contributed by atoms with Gasteiger partial charge in [0.1, 0.15) is 23.6 Å². The number of rotatable bonds is 7. The minimum Gasteiger partial charge on any atom is -0.458 e. The quantitative estimate of drug-likeness (QED) is 0.543. The number of hydrogen-bond acceptors (Lipinski definition) is 4. The van der Waals surface area contributed by atoms with Crippen molar-refractivity contribution in [3.8, 4) is 0 Å². The average molecular weight is 349 g/mol. The smallest absolute Gasteiger partial charge is 0.329 e.